The SMILES string of the molecule is CC(C)c1ccc(S(=O)(=O)Nc2ccc(SCc3ccc(F)c(F)c3)nc2)cc1C(=O)O. The number of anilines is 1. The van der Waals surface area contributed by atoms with Crippen LogP contribution in [0, 0.1) is 11.6 Å². The van der Waals surface area contributed by atoms with E-state index in [4.69, 9.17) is 0 Å². The zero-order valence-corrected chi connectivity index (χ0v) is 18.8. The molecule has 0 atom stereocenters. The number of sulfonamides is 1. The van der Waals surface area contributed by atoms with E-state index in [1.54, 1.807) is 6.07 Å². The van der Waals surface area contributed by atoms with E-state index in [9.17, 15) is 27.1 Å². The number of aromatic nitrogens is 1. The Labute approximate surface area is 188 Å². The van der Waals surface area contributed by atoms with Crippen molar-refractivity contribution in [3.05, 3.63) is 83.1 Å². The number of halogens is 2. The number of pyridine rings is 1. The number of nitrogens with zero attached hydrogens (tertiary/aromatic N) is 1. The van der Waals surface area contributed by atoms with Crippen LogP contribution in [-0.4, -0.2) is 24.5 Å². The number of aromatic carboxylic acids is 1. The van der Waals surface area contributed by atoms with Crippen molar-refractivity contribution in [2.45, 2.75) is 35.4 Å². The Kier molecular flexibility index (Phi) is 7.15. The van der Waals surface area contributed by atoms with Gasteiger partial charge in [0.05, 0.1) is 27.4 Å². The summed E-state index contributed by atoms with van der Waals surface area (Å²) in [6, 6.07) is 10.7. The van der Waals surface area contributed by atoms with Crippen LogP contribution in [0.25, 0.3) is 0 Å². The first kappa shape index (κ1) is 23.7. The number of carboxylic acids is 1. The van der Waals surface area contributed by atoms with E-state index in [0.29, 0.717) is 21.9 Å². The van der Waals surface area contributed by atoms with E-state index in [1.165, 1.54) is 42.2 Å². The van der Waals surface area contributed by atoms with E-state index in [1.807, 2.05) is 13.8 Å². The molecule has 0 aliphatic rings. The molecule has 6 nitrogen and oxygen atoms in total. The van der Waals surface area contributed by atoms with Crippen molar-refractivity contribution < 1.29 is 27.1 Å². The van der Waals surface area contributed by atoms with Crippen LogP contribution in [0.2, 0.25) is 0 Å². The third-order valence-corrected chi connectivity index (χ3v) is 6.94. The van der Waals surface area contributed by atoms with Gasteiger partial charge in [-0.25, -0.2) is 27.0 Å². The van der Waals surface area contributed by atoms with E-state index >= 15 is 0 Å². The first-order valence-electron chi connectivity index (χ1n) is 9.49. The van der Waals surface area contributed by atoms with Crippen LogP contribution >= 0.6 is 11.8 Å². The average molecular weight is 479 g/mol. The summed E-state index contributed by atoms with van der Waals surface area (Å²) in [7, 11) is -4.03. The van der Waals surface area contributed by atoms with Gasteiger partial charge in [0.15, 0.2) is 11.6 Å². The monoisotopic (exact) mass is 478 g/mol. The van der Waals surface area contributed by atoms with Crippen LogP contribution in [0.5, 0.6) is 0 Å². The van der Waals surface area contributed by atoms with E-state index in [0.717, 1.165) is 18.2 Å². The van der Waals surface area contributed by atoms with Crippen molar-refractivity contribution in [3.8, 4) is 0 Å². The van der Waals surface area contributed by atoms with Gasteiger partial charge in [-0.1, -0.05) is 26.0 Å². The molecule has 168 valence electrons. The van der Waals surface area contributed by atoms with Gasteiger partial charge in [-0.2, -0.15) is 0 Å². The Morgan fingerprint density at radius 1 is 1.09 bits per heavy atom. The van der Waals surface area contributed by atoms with E-state index < -0.39 is 27.6 Å². The van der Waals surface area contributed by atoms with Crippen LogP contribution in [0.4, 0.5) is 14.5 Å². The summed E-state index contributed by atoms with van der Waals surface area (Å²) in [5.74, 6) is -2.76. The highest BCUT2D eigenvalue weighted by Crippen LogP contribution is 2.26. The fourth-order valence-electron chi connectivity index (χ4n) is 2.92. The van der Waals surface area contributed by atoms with Gasteiger partial charge < -0.3 is 5.11 Å². The minimum absolute atomic E-state index is 0.0648. The summed E-state index contributed by atoms with van der Waals surface area (Å²) >= 11 is 1.28. The molecule has 3 rings (SSSR count). The molecule has 0 radical (unpaired) electrons. The molecular formula is C22H20F2N2O4S2. The lowest BCUT2D eigenvalue weighted by molar-refractivity contribution is 0.0695. The Morgan fingerprint density at radius 3 is 2.44 bits per heavy atom. The lowest BCUT2D eigenvalue weighted by Gasteiger charge is -2.13. The molecule has 0 amide bonds. The Balaban J connectivity index is 1.72. The molecule has 1 aromatic heterocycles. The fourth-order valence-corrected chi connectivity index (χ4v) is 4.77. The van der Waals surface area contributed by atoms with Crippen molar-refractivity contribution in [2.24, 2.45) is 0 Å². The predicted octanol–water partition coefficient (Wildman–Crippen LogP) is 5.27. The molecule has 2 N–H and O–H groups in total. The van der Waals surface area contributed by atoms with Gasteiger partial charge in [-0.05, 0) is 53.4 Å². The van der Waals surface area contributed by atoms with Gasteiger partial charge in [-0.3, -0.25) is 4.72 Å². The number of nitrogens with one attached hydrogen (secondary N) is 1. The standard InChI is InChI=1S/C22H20F2N2O4S2/c1-13(2)17-6-5-16(10-18(17)22(27)28)32(29,30)26-15-4-8-21(25-11-15)31-12-14-3-7-19(23)20(24)9-14/h3-11,13,26H,12H2,1-2H3,(H,27,28). The number of hydrogen-bond acceptors (Lipinski definition) is 5. The molecule has 32 heavy (non-hydrogen) atoms. The molecular weight excluding hydrogens is 458 g/mol. The highest BCUT2D eigenvalue weighted by atomic mass is 32.2. The summed E-state index contributed by atoms with van der Waals surface area (Å²) in [5, 5.41) is 9.98. The summed E-state index contributed by atoms with van der Waals surface area (Å²) in [6.45, 7) is 3.65. The lowest BCUT2D eigenvalue weighted by Crippen LogP contribution is -2.15. The Morgan fingerprint density at radius 2 is 1.84 bits per heavy atom. The quantitative estimate of drug-likeness (QED) is 0.428. The summed E-state index contributed by atoms with van der Waals surface area (Å²) in [5.41, 5.74) is 1.26. The van der Waals surface area contributed by atoms with Crippen LogP contribution in [0.1, 0.15) is 41.3 Å². The maximum Gasteiger partial charge on any atom is 0.336 e. The summed E-state index contributed by atoms with van der Waals surface area (Å²) in [4.78, 5) is 15.5. The largest absolute Gasteiger partial charge is 0.478 e. The molecule has 3 aromatic rings. The van der Waals surface area contributed by atoms with Gasteiger partial charge >= 0.3 is 5.97 Å². The van der Waals surface area contributed by atoms with E-state index in [2.05, 4.69) is 9.71 Å². The molecule has 0 saturated carbocycles. The maximum atomic E-state index is 13.3. The topological polar surface area (TPSA) is 96.4 Å². The van der Waals surface area contributed by atoms with Gasteiger partial charge in [0, 0.05) is 5.75 Å². The molecule has 0 spiro atoms. The third kappa shape index (κ3) is 5.63. The van der Waals surface area contributed by atoms with Crippen molar-refractivity contribution >= 4 is 33.4 Å². The number of benzene rings is 2. The molecule has 2 aromatic carbocycles. The number of rotatable bonds is 8. The summed E-state index contributed by atoms with van der Waals surface area (Å²) in [6.07, 6.45) is 1.33. The first-order valence-corrected chi connectivity index (χ1v) is 12.0. The first-order chi connectivity index (χ1) is 15.1. The van der Waals surface area contributed by atoms with Crippen LogP contribution in [0.15, 0.2) is 64.6 Å². The van der Waals surface area contributed by atoms with Crippen LogP contribution < -0.4 is 4.72 Å². The predicted molar refractivity (Wildman–Crippen MR) is 118 cm³/mol. The molecule has 0 bridgehead atoms. The lowest BCUT2D eigenvalue weighted by atomic mass is 9.97. The molecule has 0 aliphatic heterocycles. The minimum Gasteiger partial charge on any atom is -0.478 e. The zero-order valence-electron chi connectivity index (χ0n) is 17.2. The second-order valence-electron chi connectivity index (χ2n) is 7.24. The molecule has 0 aliphatic carbocycles. The maximum absolute atomic E-state index is 13.3. The van der Waals surface area contributed by atoms with Crippen molar-refractivity contribution in [1.29, 1.82) is 0 Å². The molecule has 10 heteroatoms. The number of hydrogen-bond donors (Lipinski definition) is 2. The number of thioether (sulfide) groups is 1. The van der Waals surface area contributed by atoms with Gasteiger partial charge in [0.25, 0.3) is 10.0 Å². The fraction of sp³-hybridized carbons (Fsp3) is 0.182. The highest BCUT2D eigenvalue weighted by molar-refractivity contribution is 7.98. The Bertz CT molecular complexity index is 1250. The smallest absolute Gasteiger partial charge is 0.336 e. The molecule has 0 unspecified atom stereocenters. The second kappa shape index (κ2) is 9.66. The van der Waals surface area contributed by atoms with Crippen LogP contribution in [0.3, 0.4) is 0 Å². The average Bonchev–Trinajstić information content (AvgIpc) is 2.74. The van der Waals surface area contributed by atoms with Crippen molar-refractivity contribution in [1.82, 2.24) is 4.98 Å². The van der Waals surface area contributed by atoms with E-state index in [-0.39, 0.29) is 22.1 Å². The van der Waals surface area contributed by atoms with Gasteiger partial charge in [0.2, 0.25) is 0 Å². The number of carbonyl (C=O) groups is 1. The van der Waals surface area contributed by atoms with Crippen LogP contribution in [-0.2, 0) is 15.8 Å². The molecule has 0 fully saturated rings. The zero-order chi connectivity index (χ0) is 23.5. The number of carboxylic acid groups (broad SMARTS) is 1. The van der Waals surface area contributed by atoms with Gasteiger partial charge in [-0.15, -0.1) is 11.8 Å². The second-order valence-corrected chi connectivity index (χ2v) is 9.91. The van der Waals surface area contributed by atoms with Crippen molar-refractivity contribution in [3.63, 3.8) is 0 Å². The minimum atomic E-state index is -4.03. The Hall–Kier alpha value is -2.98. The highest BCUT2D eigenvalue weighted by Gasteiger charge is 2.20. The third-order valence-electron chi connectivity index (χ3n) is 4.55. The molecule has 0 saturated heterocycles. The summed E-state index contributed by atoms with van der Waals surface area (Å²) < 4.78 is 54.1. The molecule has 1 heterocycles. The van der Waals surface area contributed by atoms with Crippen molar-refractivity contribution in [2.75, 3.05) is 4.72 Å². The normalized spacial score (nSPS) is 11.5. The van der Waals surface area contributed by atoms with Gasteiger partial charge in [0.1, 0.15) is 0 Å².